The molecule has 1 aromatic carbocycles. The lowest BCUT2D eigenvalue weighted by atomic mass is 10.1. The van der Waals surface area contributed by atoms with Crippen molar-refractivity contribution in [3.8, 4) is 0 Å². The van der Waals surface area contributed by atoms with Gasteiger partial charge in [-0.15, -0.1) is 11.3 Å². The fourth-order valence-electron chi connectivity index (χ4n) is 2.01. The lowest BCUT2D eigenvalue weighted by Crippen LogP contribution is -2.21. The van der Waals surface area contributed by atoms with Gasteiger partial charge >= 0.3 is 5.97 Å². The lowest BCUT2D eigenvalue weighted by molar-refractivity contribution is -0.131. The van der Waals surface area contributed by atoms with Crippen LogP contribution in [0.15, 0.2) is 46.3 Å². The topological polar surface area (TPSA) is 40.5 Å². The molecule has 1 aromatic heterocycles. The highest BCUT2D eigenvalue weighted by Gasteiger charge is 2.15. The first-order valence-corrected chi connectivity index (χ1v) is 8.13. The molecule has 0 fully saturated rings. The van der Waals surface area contributed by atoms with Crippen molar-refractivity contribution in [1.29, 1.82) is 0 Å². The van der Waals surface area contributed by atoms with Gasteiger partial charge in [0.05, 0.1) is 11.7 Å². The average Bonchev–Trinajstić information content (AvgIpc) is 2.98. The zero-order chi connectivity index (χ0) is 15.4. The van der Waals surface area contributed by atoms with E-state index in [2.05, 4.69) is 52.3 Å². The minimum atomic E-state index is -0.946. The van der Waals surface area contributed by atoms with Crippen LogP contribution in [0.3, 0.4) is 0 Å². The third kappa shape index (κ3) is 3.95. The molecule has 0 aliphatic carbocycles. The number of halogens is 1. The molecule has 1 atom stereocenters. The molecule has 2 aromatic rings. The molecule has 0 amide bonds. The summed E-state index contributed by atoms with van der Waals surface area (Å²) < 4.78 is 0.945. The third-order valence-electron chi connectivity index (χ3n) is 3.31. The van der Waals surface area contributed by atoms with Gasteiger partial charge < -0.3 is 10.0 Å². The predicted molar refractivity (Wildman–Crippen MR) is 91.9 cm³/mol. The lowest BCUT2D eigenvalue weighted by Gasteiger charge is -2.27. The van der Waals surface area contributed by atoms with E-state index in [9.17, 15) is 4.79 Å². The van der Waals surface area contributed by atoms with E-state index in [0.717, 1.165) is 21.8 Å². The van der Waals surface area contributed by atoms with Crippen LogP contribution in [0.25, 0.3) is 6.08 Å². The van der Waals surface area contributed by atoms with E-state index in [0.29, 0.717) is 0 Å². The SMILES string of the molecule is CC(c1cccs1)N(C)c1ccc(/C=C/C(=O)O)cc1Br. The van der Waals surface area contributed by atoms with E-state index in [-0.39, 0.29) is 6.04 Å². The normalized spacial score (nSPS) is 12.5. The maximum atomic E-state index is 10.5. The molecule has 0 spiro atoms. The van der Waals surface area contributed by atoms with Crippen LogP contribution in [-0.4, -0.2) is 18.1 Å². The third-order valence-corrected chi connectivity index (χ3v) is 4.98. The molecule has 3 nitrogen and oxygen atoms in total. The number of carboxylic acids is 1. The van der Waals surface area contributed by atoms with E-state index in [1.54, 1.807) is 17.4 Å². The molecular formula is C16H16BrNO2S. The minimum absolute atomic E-state index is 0.279. The Labute approximate surface area is 136 Å². The van der Waals surface area contributed by atoms with Gasteiger partial charge in [-0.25, -0.2) is 4.79 Å². The Morgan fingerprint density at radius 2 is 2.19 bits per heavy atom. The van der Waals surface area contributed by atoms with E-state index in [1.807, 2.05) is 18.2 Å². The van der Waals surface area contributed by atoms with Crippen LogP contribution in [0.1, 0.15) is 23.4 Å². The molecule has 2 rings (SSSR count). The first kappa shape index (κ1) is 15.8. The van der Waals surface area contributed by atoms with E-state index >= 15 is 0 Å². The average molecular weight is 366 g/mol. The van der Waals surface area contributed by atoms with Crippen LogP contribution < -0.4 is 4.90 Å². The first-order valence-electron chi connectivity index (χ1n) is 6.46. The predicted octanol–water partition coefficient (Wildman–Crippen LogP) is 4.81. The maximum Gasteiger partial charge on any atom is 0.328 e. The number of carboxylic acid groups (broad SMARTS) is 1. The number of hydrogen-bond acceptors (Lipinski definition) is 3. The number of aliphatic carboxylic acids is 1. The molecule has 0 bridgehead atoms. The highest BCUT2D eigenvalue weighted by molar-refractivity contribution is 9.10. The largest absolute Gasteiger partial charge is 0.478 e. The quantitative estimate of drug-likeness (QED) is 0.773. The van der Waals surface area contributed by atoms with Gasteiger partial charge in [0.25, 0.3) is 0 Å². The summed E-state index contributed by atoms with van der Waals surface area (Å²) in [5, 5.41) is 10.7. The van der Waals surface area contributed by atoms with Crippen LogP contribution in [0.5, 0.6) is 0 Å². The second-order valence-corrected chi connectivity index (χ2v) is 6.52. The Hall–Kier alpha value is -1.59. The molecule has 0 aliphatic rings. The molecule has 0 saturated carbocycles. The number of anilines is 1. The van der Waals surface area contributed by atoms with E-state index in [4.69, 9.17) is 5.11 Å². The smallest absolute Gasteiger partial charge is 0.328 e. The Morgan fingerprint density at radius 3 is 2.76 bits per heavy atom. The highest BCUT2D eigenvalue weighted by Crippen LogP contribution is 2.33. The number of rotatable bonds is 5. The molecule has 1 heterocycles. The van der Waals surface area contributed by atoms with E-state index in [1.165, 1.54) is 4.88 Å². The van der Waals surface area contributed by atoms with Crippen molar-refractivity contribution in [3.05, 3.63) is 56.7 Å². The monoisotopic (exact) mass is 365 g/mol. The number of thiophene rings is 1. The van der Waals surface area contributed by atoms with Crippen molar-refractivity contribution in [2.45, 2.75) is 13.0 Å². The maximum absolute atomic E-state index is 10.5. The van der Waals surface area contributed by atoms with E-state index < -0.39 is 5.97 Å². The zero-order valence-corrected chi connectivity index (χ0v) is 14.2. The summed E-state index contributed by atoms with van der Waals surface area (Å²) in [6, 6.07) is 10.3. The Balaban J connectivity index is 2.22. The van der Waals surface area contributed by atoms with Gasteiger partial charge in [-0.3, -0.25) is 0 Å². The molecule has 0 aliphatic heterocycles. The molecule has 1 N–H and O–H groups in total. The second-order valence-electron chi connectivity index (χ2n) is 4.68. The van der Waals surface area contributed by atoms with Gasteiger partial charge in [0.1, 0.15) is 0 Å². The molecule has 110 valence electrons. The molecule has 5 heteroatoms. The summed E-state index contributed by atoms with van der Waals surface area (Å²) in [6.45, 7) is 2.16. The van der Waals surface area contributed by atoms with Crippen molar-refractivity contribution >= 4 is 45.0 Å². The number of nitrogens with zero attached hydrogens (tertiary/aromatic N) is 1. The Bertz CT molecular complexity index is 652. The molecule has 21 heavy (non-hydrogen) atoms. The summed E-state index contributed by atoms with van der Waals surface area (Å²) in [5.41, 5.74) is 1.92. The molecule has 1 unspecified atom stereocenters. The summed E-state index contributed by atoms with van der Waals surface area (Å²) in [6.07, 6.45) is 2.72. The summed E-state index contributed by atoms with van der Waals surface area (Å²) in [4.78, 5) is 14.0. The van der Waals surface area contributed by atoms with Gasteiger partial charge in [-0.05, 0) is 58.1 Å². The zero-order valence-electron chi connectivity index (χ0n) is 11.8. The summed E-state index contributed by atoms with van der Waals surface area (Å²) in [5.74, 6) is -0.946. The summed E-state index contributed by atoms with van der Waals surface area (Å²) in [7, 11) is 2.05. The second kappa shape index (κ2) is 6.91. The standard InChI is InChI=1S/C16H16BrNO2S/c1-11(15-4-3-9-21-15)18(2)14-7-5-12(10-13(14)17)6-8-16(19)20/h3-11H,1-2H3,(H,19,20)/b8-6+. The van der Waals surface area contributed by atoms with Crippen molar-refractivity contribution in [2.75, 3.05) is 11.9 Å². The molecule has 0 radical (unpaired) electrons. The van der Waals surface area contributed by atoms with Gasteiger partial charge in [-0.2, -0.15) is 0 Å². The Morgan fingerprint density at radius 1 is 1.43 bits per heavy atom. The van der Waals surface area contributed by atoms with Gasteiger partial charge in [0.2, 0.25) is 0 Å². The van der Waals surface area contributed by atoms with Crippen molar-refractivity contribution in [2.24, 2.45) is 0 Å². The van der Waals surface area contributed by atoms with Crippen LogP contribution in [0.4, 0.5) is 5.69 Å². The fraction of sp³-hybridized carbons (Fsp3) is 0.188. The van der Waals surface area contributed by atoms with Gasteiger partial charge in [0.15, 0.2) is 0 Å². The van der Waals surface area contributed by atoms with Crippen molar-refractivity contribution in [1.82, 2.24) is 0 Å². The summed E-state index contributed by atoms with van der Waals surface area (Å²) >= 11 is 5.31. The highest BCUT2D eigenvalue weighted by atomic mass is 79.9. The number of hydrogen-bond donors (Lipinski definition) is 1. The molecular weight excluding hydrogens is 350 g/mol. The Kier molecular flexibility index (Phi) is 5.20. The van der Waals surface area contributed by atoms with Crippen molar-refractivity contribution in [3.63, 3.8) is 0 Å². The number of carbonyl (C=O) groups is 1. The van der Waals surface area contributed by atoms with Gasteiger partial charge in [-0.1, -0.05) is 12.1 Å². The number of benzene rings is 1. The van der Waals surface area contributed by atoms with Crippen LogP contribution in [0.2, 0.25) is 0 Å². The molecule has 0 saturated heterocycles. The fourth-order valence-corrected chi connectivity index (χ4v) is 3.51. The van der Waals surface area contributed by atoms with Gasteiger partial charge in [0, 0.05) is 22.5 Å². The van der Waals surface area contributed by atoms with Crippen LogP contribution >= 0.6 is 27.3 Å². The first-order chi connectivity index (χ1) is 9.99. The van der Waals surface area contributed by atoms with Crippen molar-refractivity contribution < 1.29 is 9.90 Å². The van der Waals surface area contributed by atoms with Crippen LogP contribution in [0, 0.1) is 0 Å². The minimum Gasteiger partial charge on any atom is -0.478 e. The van der Waals surface area contributed by atoms with Crippen LogP contribution in [-0.2, 0) is 4.79 Å².